The van der Waals surface area contributed by atoms with Crippen molar-refractivity contribution in [3.05, 3.63) is 24.0 Å². The first-order valence-electron chi connectivity index (χ1n) is 5.56. The predicted octanol–water partition coefficient (Wildman–Crippen LogP) is 1.57. The van der Waals surface area contributed by atoms with Crippen LogP contribution in [0.4, 0.5) is 0 Å². The molecule has 0 N–H and O–H groups in total. The third-order valence-electron chi connectivity index (χ3n) is 2.44. The van der Waals surface area contributed by atoms with Crippen LogP contribution in [0.1, 0.15) is 10.4 Å². The number of methoxy groups -OCH3 is 2. The van der Waals surface area contributed by atoms with Crippen LogP contribution < -0.4 is 4.74 Å². The van der Waals surface area contributed by atoms with Gasteiger partial charge in [-0.05, 0) is 6.07 Å². The van der Waals surface area contributed by atoms with Gasteiger partial charge in [0.15, 0.2) is 0 Å². The van der Waals surface area contributed by atoms with E-state index >= 15 is 0 Å². The fourth-order valence-corrected chi connectivity index (χ4v) is 1.94. The molecule has 0 aliphatic carbocycles. The second-order valence-electron chi connectivity index (χ2n) is 3.55. The molecule has 5 nitrogen and oxygen atoms in total. The van der Waals surface area contributed by atoms with E-state index in [1.54, 1.807) is 24.3 Å². The summed E-state index contributed by atoms with van der Waals surface area (Å²) in [5, 5.41) is 0.718. The number of carbonyl (C=O) groups excluding carboxylic acids is 1. The lowest BCUT2D eigenvalue weighted by Gasteiger charge is -2.22. The lowest BCUT2D eigenvalue weighted by atomic mass is 10.2. The summed E-state index contributed by atoms with van der Waals surface area (Å²) in [4.78, 5) is 18.0. The minimum absolute atomic E-state index is 0.0780. The Bertz CT molecular complexity index is 387. The first-order valence-corrected chi connectivity index (χ1v) is 6.69. The lowest BCUT2D eigenvalue weighted by molar-refractivity contribution is 0.0705. The van der Waals surface area contributed by atoms with Crippen molar-refractivity contribution in [2.24, 2.45) is 0 Å². The number of carbonyl (C=O) groups is 1. The maximum Gasteiger partial charge on any atom is 0.257 e. The highest BCUT2D eigenvalue weighted by atomic mass is 79.9. The molecule has 0 saturated heterocycles. The van der Waals surface area contributed by atoms with Crippen molar-refractivity contribution >= 4 is 21.8 Å². The third-order valence-corrected chi connectivity index (χ3v) is 2.80. The van der Waals surface area contributed by atoms with Crippen LogP contribution in [0.3, 0.4) is 0 Å². The highest BCUT2D eigenvalue weighted by molar-refractivity contribution is 9.09. The second kappa shape index (κ2) is 8.05. The maximum atomic E-state index is 12.4. The third kappa shape index (κ3) is 3.96. The lowest BCUT2D eigenvalue weighted by Crippen LogP contribution is -2.35. The summed E-state index contributed by atoms with van der Waals surface area (Å²) in [5.74, 6) is 0.408. The number of aromatic nitrogens is 1. The number of rotatable bonds is 7. The van der Waals surface area contributed by atoms with Crippen LogP contribution in [0.15, 0.2) is 18.5 Å². The van der Waals surface area contributed by atoms with Crippen LogP contribution >= 0.6 is 15.9 Å². The van der Waals surface area contributed by atoms with Crippen LogP contribution in [-0.2, 0) is 4.74 Å². The normalized spacial score (nSPS) is 10.2. The first-order chi connectivity index (χ1) is 8.74. The highest BCUT2D eigenvalue weighted by Crippen LogP contribution is 2.17. The van der Waals surface area contributed by atoms with E-state index < -0.39 is 0 Å². The number of halogens is 1. The maximum absolute atomic E-state index is 12.4. The quantitative estimate of drug-likeness (QED) is 0.717. The van der Waals surface area contributed by atoms with Gasteiger partial charge >= 0.3 is 0 Å². The standard InChI is InChI=1S/C12H17BrN2O3/c1-17-8-7-15(6-4-13)12(16)10-3-5-14-9-11(10)18-2/h3,5,9H,4,6-8H2,1-2H3. The molecule has 0 saturated carbocycles. The van der Waals surface area contributed by atoms with E-state index in [1.165, 1.54) is 13.3 Å². The summed E-state index contributed by atoms with van der Waals surface area (Å²) in [6.45, 7) is 1.67. The molecule has 6 heteroatoms. The average Bonchev–Trinajstić information content (AvgIpc) is 2.42. The molecule has 1 aromatic rings. The number of nitrogens with zero attached hydrogens (tertiary/aromatic N) is 2. The zero-order valence-electron chi connectivity index (χ0n) is 10.6. The summed E-state index contributed by atoms with van der Waals surface area (Å²) in [5.41, 5.74) is 0.518. The molecule has 100 valence electrons. The number of hydrogen-bond donors (Lipinski definition) is 0. The van der Waals surface area contributed by atoms with Crippen molar-refractivity contribution in [2.45, 2.75) is 0 Å². The molecule has 1 amide bonds. The molecule has 0 fully saturated rings. The van der Waals surface area contributed by atoms with E-state index in [1.807, 2.05) is 0 Å². The SMILES string of the molecule is COCCN(CCBr)C(=O)c1ccncc1OC. The molecule has 1 heterocycles. The first kappa shape index (κ1) is 14.9. The molecule has 18 heavy (non-hydrogen) atoms. The second-order valence-corrected chi connectivity index (χ2v) is 4.34. The molecule has 0 aliphatic rings. The summed E-state index contributed by atoms with van der Waals surface area (Å²) < 4.78 is 10.2. The van der Waals surface area contributed by atoms with E-state index in [2.05, 4.69) is 20.9 Å². The van der Waals surface area contributed by atoms with Crippen LogP contribution in [0.25, 0.3) is 0 Å². The number of hydrogen-bond acceptors (Lipinski definition) is 4. The van der Waals surface area contributed by atoms with E-state index in [4.69, 9.17) is 9.47 Å². The smallest absolute Gasteiger partial charge is 0.257 e. The highest BCUT2D eigenvalue weighted by Gasteiger charge is 2.18. The molecule has 0 radical (unpaired) electrons. The summed E-state index contributed by atoms with van der Waals surface area (Å²) in [6, 6.07) is 1.66. The fraction of sp³-hybridized carbons (Fsp3) is 0.500. The molecular weight excluding hydrogens is 300 g/mol. The van der Waals surface area contributed by atoms with E-state index in [0.717, 1.165) is 5.33 Å². The fourth-order valence-electron chi connectivity index (χ4n) is 1.51. The van der Waals surface area contributed by atoms with Crippen molar-refractivity contribution in [1.82, 2.24) is 9.88 Å². The molecule has 0 spiro atoms. The molecule has 1 aromatic heterocycles. The van der Waals surface area contributed by atoms with Gasteiger partial charge in [0.25, 0.3) is 5.91 Å². The van der Waals surface area contributed by atoms with Crippen LogP contribution in [0.2, 0.25) is 0 Å². The Labute approximate surface area is 115 Å². The number of pyridine rings is 1. The van der Waals surface area contributed by atoms with Gasteiger partial charge in [-0.25, -0.2) is 0 Å². The molecular formula is C12H17BrN2O3. The average molecular weight is 317 g/mol. The topological polar surface area (TPSA) is 51.7 Å². The Kier molecular flexibility index (Phi) is 6.67. The van der Waals surface area contributed by atoms with E-state index in [0.29, 0.717) is 31.0 Å². The minimum atomic E-state index is -0.0780. The minimum Gasteiger partial charge on any atom is -0.494 e. The molecule has 1 rings (SSSR count). The largest absolute Gasteiger partial charge is 0.494 e. The van der Waals surface area contributed by atoms with Gasteiger partial charge in [-0.2, -0.15) is 0 Å². The van der Waals surface area contributed by atoms with Crippen LogP contribution in [0, 0.1) is 0 Å². The Morgan fingerprint density at radius 2 is 2.22 bits per heavy atom. The molecule has 0 aromatic carbocycles. The van der Waals surface area contributed by atoms with Gasteiger partial charge in [0, 0.05) is 31.7 Å². The Morgan fingerprint density at radius 3 is 2.83 bits per heavy atom. The predicted molar refractivity (Wildman–Crippen MR) is 72.4 cm³/mol. The summed E-state index contributed by atoms with van der Waals surface area (Å²) in [6.07, 6.45) is 3.12. The monoisotopic (exact) mass is 316 g/mol. The van der Waals surface area contributed by atoms with Crippen molar-refractivity contribution < 1.29 is 14.3 Å². The van der Waals surface area contributed by atoms with Gasteiger partial charge in [-0.15, -0.1) is 0 Å². The van der Waals surface area contributed by atoms with Gasteiger partial charge in [0.05, 0.1) is 25.5 Å². The zero-order valence-corrected chi connectivity index (χ0v) is 12.1. The molecule has 0 atom stereocenters. The number of alkyl halides is 1. The zero-order chi connectivity index (χ0) is 13.4. The van der Waals surface area contributed by atoms with Crippen LogP contribution in [0.5, 0.6) is 5.75 Å². The van der Waals surface area contributed by atoms with Crippen molar-refractivity contribution in [2.75, 3.05) is 39.2 Å². The van der Waals surface area contributed by atoms with Crippen molar-refractivity contribution in [3.8, 4) is 5.75 Å². The number of ether oxygens (including phenoxy) is 2. The Balaban J connectivity index is 2.86. The van der Waals surface area contributed by atoms with Crippen LogP contribution in [-0.4, -0.2) is 55.0 Å². The van der Waals surface area contributed by atoms with Crippen molar-refractivity contribution in [3.63, 3.8) is 0 Å². The Hall–Kier alpha value is -1.14. The van der Waals surface area contributed by atoms with E-state index in [-0.39, 0.29) is 5.91 Å². The van der Waals surface area contributed by atoms with Gasteiger partial charge in [-0.1, -0.05) is 15.9 Å². The van der Waals surface area contributed by atoms with E-state index in [9.17, 15) is 4.79 Å². The summed E-state index contributed by atoms with van der Waals surface area (Å²) >= 11 is 3.34. The van der Waals surface area contributed by atoms with Gasteiger partial charge < -0.3 is 14.4 Å². The number of amides is 1. The summed E-state index contributed by atoms with van der Waals surface area (Å²) in [7, 11) is 3.14. The Morgan fingerprint density at radius 1 is 1.44 bits per heavy atom. The van der Waals surface area contributed by atoms with Gasteiger partial charge in [0.2, 0.25) is 0 Å². The molecule has 0 aliphatic heterocycles. The van der Waals surface area contributed by atoms with Gasteiger partial charge in [0.1, 0.15) is 5.75 Å². The van der Waals surface area contributed by atoms with Gasteiger partial charge in [-0.3, -0.25) is 9.78 Å². The molecule has 0 unspecified atom stereocenters. The molecule has 0 bridgehead atoms. The van der Waals surface area contributed by atoms with Crippen molar-refractivity contribution in [1.29, 1.82) is 0 Å².